The van der Waals surface area contributed by atoms with E-state index in [1.807, 2.05) is 0 Å². The van der Waals surface area contributed by atoms with Crippen LogP contribution in [0.2, 0.25) is 0 Å². The molecule has 4 nitrogen and oxygen atoms in total. The summed E-state index contributed by atoms with van der Waals surface area (Å²) in [7, 11) is 1.66. The zero-order valence-corrected chi connectivity index (χ0v) is 8.10. The summed E-state index contributed by atoms with van der Waals surface area (Å²) in [5.74, 6) is -0.988. The van der Waals surface area contributed by atoms with E-state index in [9.17, 15) is 9.59 Å². The first-order valence-electron chi connectivity index (χ1n) is 4.42. The van der Waals surface area contributed by atoms with Gasteiger partial charge in [-0.05, 0) is 29.7 Å². The van der Waals surface area contributed by atoms with Gasteiger partial charge in [0.1, 0.15) is 0 Å². The van der Waals surface area contributed by atoms with Gasteiger partial charge >= 0.3 is 5.97 Å². The molecule has 4 heteroatoms. The topological polar surface area (TPSA) is 59.3 Å². The second-order valence-corrected chi connectivity index (χ2v) is 3.34. The zero-order valence-electron chi connectivity index (χ0n) is 8.10. The number of hydrogen-bond acceptors (Lipinski definition) is 2. The lowest BCUT2D eigenvalue weighted by Gasteiger charge is -2.01. The Labute approximate surface area is 85.4 Å². The molecular weight excluding hydrogens is 194 g/mol. The standard InChI is InChI=1S/C11H9NO3/c1-12-5-4-7-6-8(11(14)15)2-3-9(7)10(12)13/h2-6H,1H3,(H,14,15). The number of carboxylic acids is 1. The Hall–Kier alpha value is -2.10. The van der Waals surface area contributed by atoms with Crippen molar-refractivity contribution in [1.29, 1.82) is 0 Å². The number of nitrogens with zero attached hydrogens (tertiary/aromatic N) is 1. The lowest BCUT2D eigenvalue weighted by molar-refractivity contribution is 0.0697. The molecule has 0 amide bonds. The van der Waals surface area contributed by atoms with E-state index in [-0.39, 0.29) is 11.1 Å². The molecule has 0 saturated carbocycles. The maximum atomic E-state index is 11.6. The lowest BCUT2D eigenvalue weighted by Crippen LogP contribution is -2.15. The summed E-state index contributed by atoms with van der Waals surface area (Å²) in [5.41, 5.74) is 0.0696. The number of aromatic nitrogens is 1. The number of aryl methyl sites for hydroxylation is 1. The number of fused-ring (bicyclic) bond motifs is 1. The predicted molar refractivity (Wildman–Crippen MR) is 56.1 cm³/mol. The first-order chi connectivity index (χ1) is 7.09. The molecule has 0 unspecified atom stereocenters. The van der Waals surface area contributed by atoms with Crippen LogP contribution in [0.1, 0.15) is 10.4 Å². The first-order valence-corrected chi connectivity index (χ1v) is 4.42. The van der Waals surface area contributed by atoms with Gasteiger partial charge in [-0.2, -0.15) is 0 Å². The third-order valence-electron chi connectivity index (χ3n) is 2.33. The highest BCUT2D eigenvalue weighted by molar-refractivity contribution is 5.93. The molecule has 0 radical (unpaired) electrons. The van der Waals surface area contributed by atoms with E-state index < -0.39 is 5.97 Å². The largest absolute Gasteiger partial charge is 0.478 e. The Bertz CT molecular complexity index is 598. The average Bonchev–Trinajstić information content (AvgIpc) is 2.23. The van der Waals surface area contributed by atoms with E-state index in [0.717, 1.165) is 0 Å². The minimum Gasteiger partial charge on any atom is -0.478 e. The number of rotatable bonds is 1. The fourth-order valence-corrected chi connectivity index (χ4v) is 1.48. The number of benzene rings is 1. The van der Waals surface area contributed by atoms with Crippen molar-refractivity contribution >= 4 is 16.7 Å². The quantitative estimate of drug-likeness (QED) is 0.758. The van der Waals surface area contributed by atoms with Gasteiger partial charge in [-0.25, -0.2) is 4.79 Å². The normalized spacial score (nSPS) is 10.5. The molecule has 1 aromatic carbocycles. The van der Waals surface area contributed by atoms with Crippen LogP contribution >= 0.6 is 0 Å². The number of aromatic carboxylic acids is 1. The van der Waals surface area contributed by atoms with Crippen LogP contribution in [0.4, 0.5) is 0 Å². The third-order valence-corrected chi connectivity index (χ3v) is 2.33. The SMILES string of the molecule is Cn1ccc2cc(C(=O)O)ccc2c1=O. The Morgan fingerprint density at radius 1 is 1.33 bits per heavy atom. The molecule has 0 aliphatic carbocycles. The highest BCUT2D eigenvalue weighted by Gasteiger charge is 2.05. The fraction of sp³-hybridized carbons (Fsp3) is 0.0909. The smallest absolute Gasteiger partial charge is 0.335 e. The fourth-order valence-electron chi connectivity index (χ4n) is 1.48. The van der Waals surface area contributed by atoms with Crippen LogP contribution in [0.25, 0.3) is 10.8 Å². The summed E-state index contributed by atoms with van der Waals surface area (Å²) in [4.78, 5) is 22.3. The van der Waals surface area contributed by atoms with Gasteiger partial charge in [-0.3, -0.25) is 4.79 Å². The van der Waals surface area contributed by atoms with Gasteiger partial charge < -0.3 is 9.67 Å². The van der Waals surface area contributed by atoms with Crippen molar-refractivity contribution in [3.63, 3.8) is 0 Å². The van der Waals surface area contributed by atoms with E-state index in [0.29, 0.717) is 10.8 Å². The van der Waals surface area contributed by atoms with E-state index >= 15 is 0 Å². The molecule has 0 atom stereocenters. The van der Waals surface area contributed by atoms with Gasteiger partial charge in [0, 0.05) is 18.6 Å². The van der Waals surface area contributed by atoms with E-state index in [4.69, 9.17) is 5.11 Å². The van der Waals surface area contributed by atoms with Crippen molar-refractivity contribution < 1.29 is 9.90 Å². The molecule has 15 heavy (non-hydrogen) atoms. The van der Waals surface area contributed by atoms with Crippen molar-refractivity contribution in [2.45, 2.75) is 0 Å². The molecule has 0 aliphatic heterocycles. The van der Waals surface area contributed by atoms with Gasteiger partial charge in [-0.15, -0.1) is 0 Å². The number of pyridine rings is 1. The van der Waals surface area contributed by atoms with Gasteiger partial charge in [0.25, 0.3) is 5.56 Å². The van der Waals surface area contributed by atoms with Crippen molar-refractivity contribution in [3.8, 4) is 0 Å². The summed E-state index contributed by atoms with van der Waals surface area (Å²) >= 11 is 0. The first kappa shape index (κ1) is 9.45. The maximum Gasteiger partial charge on any atom is 0.335 e. The summed E-state index contributed by atoms with van der Waals surface area (Å²) < 4.78 is 1.46. The summed E-state index contributed by atoms with van der Waals surface area (Å²) in [5, 5.41) is 9.97. The Morgan fingerprint density at radius 3 is 2.73 bits per heavy atom. The molecule has 0 spiro atoms. The zero-order chi connectivity index (χ0) is 11.0. The summed E-state index contributed by atoms with van der Waals surface area (Å²) in [6.45, 7) is 0. The minimum atomic E-state index is -0.988. The third kappa shape index (κ3) is 1.50. The maximum absolute atomic E-state index is 11.6. The van der Waals surface area contributed by atoms with Gasteiger partial charge in [0.05, 0.1) is 5.56 Å². The van der Waals surface area contributed by atoms with Crippen LogP contribution in [-0.2, 0) is 7.05 Å². The van der Waals surface area contributed by atoms with Crippen LogP contribution < -0.4 is 5.56 Å². The second-order valence-electron chi connectivity index (χ2n) is 3.34. The predicted octanol–water partition coefficient (Wildman–Crippen LogP) is 1.24. The van der Waals surface area contributed by atoms with Crippen LogP contribution in [0.5, 0.6) is 0 Å². The molecule has 0 saturated heterocycles. The molecule has 1 aromatic heterocycles. The number of hydrogen-bond donors (Lipinski definition) is 1. The van der Waals surface area contributed by atoms with Gasteiger partial charge in [-0.1, -0.05) is 0 Å². The number of carbonyl (C=O) groups is 1. The molecule has 0 bridgehead atoms. The molecule has 0 fully saturated rings. The summed E-state index contributed by atoms with van der Waals surface area (Å²) in [6, 6.07) is 6.20. The Kier molecular flexibility index (Phi) is 2.04. The van der Waals surface area contributed by atoms with Crippen molar-refractivity contribution in [2.75, 3.05) is 0 Å². The van der Waals surface area contributed by atoms with Crippen molar-refractivity contribution in [2.24, 2.45) is 7.05 Å². The number of carboxylic acid groups (broad SMARTS) is 1. The van der Waals surface area contributed by atoms with E-state index in [1.54, 1.807) is 25.4 Å². The van der Waals surface area contributed by atoms with Gasteiger partial charge in [0.15, 0.2) is 0 Å². The lowest BCUT2D eigenvalue weighted by atomic mass is 10.1. The van der Waals surface area contributed by atoms with Gasteiger partial charge in [0.2, 0.25) is 0 Å². The molecule has 2 aromatic rings. The molecule has 1 heterocycles. The Balaban J connectivity index is 2.81. The van der Waals surface area contributed by atoms with Crippen molar-refractivity contribution in [3.05, 3.63) is 46.4 Å². The van der Waals surface area contributed by atoms with Crippen molar-refractivity contribution in [1.82, 2.24) is 4.57 Å². The van der Waals surface area contributed by atoms with E-state index in [2.05, 4.69) is 0 Å². The van der Waals surface area contributed by atoms with Crippen LogP contribution in [0, 0.1) is 0 Å². The average molecular weight is 203 g/mol. The second kappa shape index (κ2) is 3.24. The highest BCUT2D eigenvalue weighted by atomic mass is 16.4. The summed E-state index contributed by atoms with van der Waals surface area (Å²) in [6.07, 6.45) is 1.62. The Morgan fingerprint density at radius 2 is 2.07 bits per heavy atom. The van der Waals surface area contributed by atoms with E-state index in [1.165, 1.54) is 16.7 Å². The minimum absolute atomic E-state index is 0.121. The highest BCUT2D eigenvalue weighted by Crippen LogP contribution is 2.12. The van der Waals surface area contributed by atoms with Crippen LogP contribution in [-0.4, -0.2) is 15.6 Å². The molecule has 1 N–H and O–H groups in total. The monoisotopic (exact) mass is 203 g/mol. The molecular formula is C11H9NO3. The molecule has 76 valence electrons. The van der Waals surface area contributed by atoms with Crippen LogP contribution in [0.15, 0.2) is 35.3 Å². The molecule has 0 aliphatic rings. The van der Waals surface area contributed by atoms with Crippen LogP contribution in [0.3, 0.4) is 0 Å². The molecule has 2 rings (SSSR count).